The van der Waals surface area contributed by atoms with Crippen molar-refractivity contribution in [2.45, 2.75) is 6.54 Å². The summed E-state index contributed by atoms with van der Waals surface area (Å²) in [4.78, 5) is 16.4. The molecule has 0 aliphatic carbocycles. The topological polar surface area (TPSA) is 63.2 Å². The van der Waals surface area contributed by atoms with Crippen LogP contribution in [-0.2, 0) is 6.54 Å². The molecule has 126 valence electrons. The minimum atomic E-state index is -0.237. The molecular weight excluding hydrogens is 314 g/mol. The van der Waals surface area contributed by atoms with Gasteiger partial charge in [-0.25, -0.2) is 0 Å². The van der Waals surface area contributed by atoms with Gasteiger partial charge in [0.1, 0.15) is 11.4 Å². The quantitative estimate of drug-likeness (QED) is 0.717. The van der Waals surface area contributed by atoms with Crippen molar-refractivity contribution in [1.82, 2.24) is 4.98 Å². The average molecular weight is 333 g/mol. The van der Waals surface area contributed by atoms with Crippen LogP contribution >= 0.6 is 0 Å². The number of amides is 1. The third-order valence-electron chi connectivity index (χ3n) is 3.68. The number of nitrogens with one attached hydrogen (secondary N) is 2. The van der Waals surface area contributed by atoms with E-state index in [1.165, 1.54) is 0 Å². The van der Waals surface area contributed by atoms with Gasteiger partial charge >= 0.3 is 0 Å². The molecule has 0 fully saturated rings. The third kappa shape index (κ3) is 4.57. The smallest absolute Gasteiger partial charge is 0.274 e. The Balaban J connectivity index is 1.63. The molecule has 0 aliphatic rings. The molecular formula is C20H19N3O2. The van der Waals surface area contributed by atoms with Gasteiger partial charge in [-0.1, -0.05) is 30.3 Å². The number of nitrogens with zero attached hydrogens (tertiary/aromatic N) is 1. The fraction of sp³-hybridized carbons (Fsp3) is 0.100. The van der Waals surface area contributed by atoms with Crippen molar-refractivity contribution in [3.8, 4) is 5.75 Å². The number of benzene rings is 2. The monoisotopic (exact) mass is 333 g/mol. The molecule has 0 radical (unpaired) electrons. The van der Waals surface area contributed by atoms with E-state index in [1.807, 2.05) is 60.7 Å². The van der Waals surface area contributed by atoms with Crippen LogP contribution in [-0.4, -0.2) is 18.0 Å². The number of rotatable bonds is 6. The summed E-state index contributed by atoms with van der Waals surface area (Å²) in [6, 6.07) is 20.7. The molecule has 3 rings (SSSR count). The number of carbonyl (C=O) groups is 1. The first-order valence-corrected chi connectivity index (χ1v) is 7.94. The maximum atomic E-state index is 12.3. The van der Waals surface area contributed by atoms with Crippen LogP contribution in [0, 0.1) is 0 Å². The zero-order valence-corrected chi connectivity index (χ0v) is 13.9. The van der Waals surface area contributed by atoms with E-state index in [-0.39, 0.29) is 5.91 Å². The Morgan fingerprint density at radius 2 is 1.76 bits per heavy atom. The van der Waals surface area contributed by atoms with Gasteiger partial charge in [0.25, 0.3) is 5.91 Å². The molecule has 1 amide bonds. The van der Waals surface area contributed by atoms with E-state index in [2.05, 4.69) is 15.6 Å². The maximum Gasteiger partial charge on any atom is 0.274 e. The second-order valence-electron chi connectivity index (χ2n) is 5.45. The molecule has 5 nitrogen and oxygen atoms in total. The number of para-hydroxylation sites is 1. The number of ether oxygens (including phenoxy) is 1. The third-order valence-corrected chi connectivity index (χ3v) is 3.68. The highest BCUT2D eigenvalue weighted by Gasteiger charge is 2.08. The lowest BCUT2D eigenvalue weighted by Crippen LogP contribution is -2.14. The molecule has 3 aromatic rings. The van der Waals surface area contributed by atoms with Gasteiger partial charge in [0.05, 0.1) is 7.11 Å². The van der Waals surface area contributed by atoms with E-state index in [1.54, 1.807) is 19.4 Å². The number of aromatic nitrogens is 1. The summed E-state index contributed by atoms with van der Waals surface area (Å²) < 4.78 is 5.15. The summed E-state index contributed by atoms with van der Waals surface area (Å²) in [5, 5.41) is 6.13. The predicted molar refractivity (Wildman–Crippen MR) is 99.0 cm³/mol. The number of carbonyl (C=O) groups excluding carboxylic acids is 1. The van der Waals surface area contributed by atoms with Gasteiger partial charge in [-0.05, 0) is 42.0 Å². The summed E-state index contributed by atoms with van der Waals surface area (Å²) >= 11 is 0. The van der Waals surface area contributed by atoms with Crippen molar-refractivity contribution >= 4 is 17.3 Å². The summed E-state index contributed by atoms with van der Waals surface area (Å²) in [6.07, 6.45) is 1.62. The van der Waals surface area contributed by atoms with Gasteiger partial charge in [-0.15, -0.1) is 0 Å². The number of anilines is 2. The van der Waals surface area contributed by atoms with Crippen molar-refractivity contribution in [3.63, 3.8) is 0 Å². The highest BCUT2D eigenvalue weighted by Crippen LogP contribution is 2.15. The van der Waals surface area contributed by atoms with Crippen molar-refractivity contribution in [2.24, 2.45) is 0 Å². The lowest BCUT2D eigenvalue weighted by molar-refractivity contribution is 0.102. The first-order valence-electron chi connectivity index (χ1n) is 7.94. The number of hydrogen-bond donors (Lipinski definition) is 2. The van der Waals surface area contributed by atoms with Gasteiger partial charge < -0.3 is 15.4 Å². The van der Waals surface area contributed by atoms with Crippen LogP contribution in [0.25, 0.3) is 0 Å². The molecule has 0 atom stereocenters. The van der Waals surface area contributed by atoms with Crippen LogP contribution in [0.15, 0.2) is 72.9 Å². The first-order chi connectivity index (χ1) is 12.2. The van der Waals surface area contributed by atoms with Crippen LogP contribution in [0.2, 0.25) is 0 Å². The summed E-state index contributed by atoms with van der Waals surface area (Å²) in [5.74, 6) is 0.590. The number of hydrogen-bond acceptors (Lipinski definition) is 4. The van der Waals surface area contributed by atoms with Crippen molar-refractivity contribution < 1.29 is 9.53 Å². The fourth-order valence-corrected chi connectivity index (χ4v) is 2.33. The zero-order chi connectivity index (χ0) is 17.5. The highest BCUT2D eigenvalue weighted by molar-refractivity contribution is 6.03. The molecule has 5 heteroatoms. The van der Waals surface area contributed by atoms with E-state index in [4.69, 9.17) is 4.74 Å². The second kappa shape index (κ2) is 7.97. The molecule has 0 bridgehead atoms. The highest BCUT2D eigenvalue weighted by atomic mass is 16.5. The standard InChI is InChI=1S/C20H19N3O2/c1-25-18-9-7-15(8-10-18)14-22-17-11-12-21-19(13-17)20(24)23-16-5-3-2-4-6-16/h2-13H,14H2,1H3,(H,21,22)(H,23,24). The Hall–Kier alpha value is -3.34. The molecule has 2 aromatic carbocycles. The van der Waals surface area contributed by atoms with E-state index in [9.17, 15) is 4.79 Å². The van der Waals surface area contributed by atoms with E-state index < -0.39 is 0 Å². The zero-order valence-electron chi connectivity index (χ0n) is 13.9. The van der Waals surface area contributed by atoms with Crippen LogP contribution < -0.4 is 15.4 Å². The largest absolute Gasteiger partial charge is 0.497 e. The normalized spacial score (nSPS) is 10.1. The van der Waals surface area contributed by atoms with E-state index >= 15 is 0 Å². The fourth-order valence-electron chi connectivity index (χ4n) is 2.33. The van der Waals surface area contributed by atoms with Crippen molar-refractivity contribution in [3.05, 3.63) is 84.2 Å². The maximum absolute atomic E-state index is 12.3. The summed E-state index contributed by atoms with van der Waals surface area (Å²) in [5.41, 5.74) is 3.06. The van der Waals surface area contributed by atoms with Crippen LogP contribution in [0.5, 0.6) is 5.75 Å². The molecule has 0 saturated heterocycles. The number of pyridine rings is 1. The molecule has 0 unspecified atom stereocenters. The average Bonchev–Trinajstić information content (AvgIpc) is 2.68. The molecule has 0 spiro atoms. The van der Waals surface area contributed by atoms with Gasteiger partial charge in [0.2, 0.25) is 0 Å². The van der Waals surface area contributed by atoms with Crippen LogP contribution in [0.3, 0.4) is 0 Å². The molecule has 0 aliphatic heterocycles. The van der Waals surface area contributed by atoms with E-state index in [0.29, 0.717) is 12.2 Å². The second-order valence-corrected chi connectivity index (χ2v) is 5.45. The van der Waals surface area contributed by atoms with Gasteiger partial charge in [0, 0.05) is 24.1 Å². The van der Waals surface area contributed by atoms with Gasteiger partial charge in [-0.2, -0.15) is 0 Å². The lowest BCUT2D eigenvalue weighted by Gasteiger charge is -2.09. The predicted octanol–water partition coefficient (Wildman–Crippen LogP) is 3.95. The Bertz CT molecular complexity index is 833. The summed E-state index contributed by atoms with van der Waals surface area (Å²) in [7, 11) is 1.65. The minimum absolute atomic E-state index is 0.237. The van der Waals surface area contributed by atoms with E-state index in [0.717, 1.165) is 22.7 Å². The van der Waals surface area contributed by atoms with Crippen LogP contribution in [0.1, 0.15) is 16.1 Å². The SMILES string of the molecule is COc1ccc(CNc2ccnc(C(=O)Nc3ccccc3)c2)cc1. The van der Waals surface area contributed by atoms with Crippen molar-refractivity contribution in [1.29, 1.82) is 0 Å². The molecule has 1 heterocycles. The Morgan fingerprint density at radius 1 is 1.00 bits per heavy atom. The van der Waals surface area contributed by atoms with Crippen molar-refractivity contribution in [2.75, 3.05) is 17.7 Å². The Labute approximate surface area is 146 Å². The summed E-state index contributed by atoms with van der Waals surface area (Å²) in [6.45, 7) is 0.647. The van der Waals surface area contributed by atoms with Gasteiger partial charge in [-0.3, -0.25) is 9.78 Å². The molecule has 0 saturated carbocycles. The Kier molecular flexibility index (Phi) is 5.26. The first kappa shape index (κ1) is 16.5. The molecule has 2 N–H and O–H groups in total. The minimum Gasteiger partial charge on any atom is -0.497 e. The molecule has 25 heavy (non-hydrogen) atoms. The van der Waals surface area contributed by atoms with Gasteiger partial charge in [0.15, 0.2) is 0 Å². The molecule has 1 aromatic heterocycles. The number of methoxy groups -OCH3 is 1. The Morgan fingerprint density at radius 3 is 2.48 bits per heavy atom. The lowest BCUT2D eigenvalue weighted by atomic mass is 10.2. The van der Waals surface area contributed by atoms with Crippen LogP contribution in [0.4, 0.5) is 11.4 Å².